The minimum Gasteiger partial charge on any atom is -0.494 e. The van der Waals surface area contributed by atoms with Crippen molar-refractivity contribution >= 4 is 10.0 Å². The van der Waals surface area contributed by atoms with Gasteiger partial charge in [0.1, 0.15) is 5.75 Å². The summed E-state index contributed by atoms with van der Waals surface area (Å²) in [7, 11) is -3.49. The lowest BCUT2D eigenvalue weighted by atomic mass is 10.0. The number of benzene rings is 1. The monoisotopic (exact) mass is 355 g/mol. The number of nitrogens with zero attached hydrogens (tertiary/aromatic N) is 1. The van der Waals surface area contributed by atoms with Gasteiger partial charge in [-0.1, -0.05) is 6.92 Å². The number of hydrogen-bond acceptors (Lipinski definition) is 5. The maximum absolute atomic E-state index is 12.8. The smallest absolute Gasteiger partial charge is 0.243 e. The van der Waals surface area contributed by atoms with Gasteiger partial charge in [0.25, 0.3) is 0 Å². The van der Waals surface area contributed by atoms with Crippen molar-refractivity contribution in [3.63, 3.8) is 0 Å². The molecule has 24 heavy (non-hydrogen) atoms. The summed E-state index contributed by atoms with van der Waals surface area (Å²) in [5.41, 5.74) is 0. The fourth-order valence-electron chi connectivity index (χ4n) is 3.05. The molecule has 2 aliphatic rings. The molecule has 1 aromatic rings. The first-order valence-electron chi connectivity index (χ1n) is 8.57. The predicted octanol–water partition coefficient (Wildman–Crippen LogP) is 2.39. The lowest BCUT2D eigenvalue weighted by Crippen LogP contribution is -2.51. The summed E-state index contributed by atoms with van der Waals surface area (Å²) in [6.45, 7) is 4.85. The molecular weight excluding hydrogens is 330 g/mol. The molecule has 0 saturated carbocycles. The summed E-state index contributed by atoms with van der Waals surface area (Å²) < 4.78 is 44.1. The summed E-state index contributed by atoms with van der Waals surface area (Å²) >= 11 is 0. The molecule has 0 N–H and O–H groups in total. The molecule has 0 radical (unpaired) electrons. The van der Waals surface area contributed by atoms with Crippen molar-refractivity contribution in [3.05, 3.63) is 24.3 Å². The highest BCUT2D eigenvalue weighted by molar-refractivity contribution is 7.89. The average Bonchev–Trinajstić information content (AvgIpc) is 2.61. The van der Waals surface area contributed by atoms with Crippen LogP contribution in [-0.4, -0.2) is 51.4 Å². The third-order valence-electron chi connectivity index (χ3n) is 4.44. The molecule has 7 heteroatoms. The Balaban J connectivity index is 1.65. The lowest BCUT2D eigenvalue weighted by molar-refractivity contribution is -0.280. The van der Waals surface area contributed by atoms with E-state index >= 15 is 0 Å². The fraction of sp³-hybridized carbons (Fsp3) is 0.647. The maximum Gasteiger partial charge on any atom is 0.243 e. The Kier molecular flexibility index (Phi) is 5.44. The molecule has 1 spiro atoms. The predicted molar refractivity (Wildman–Crippen MR) is 89.5 cm³/mol. The van der Waals surface area contributed by atoms with Crippen LogP contribution in [0.15, 0.2) is 29.2 Å². The standard InChI is InChI=1S/C17H25NO5S/c1-2-12-21-15-4-6-16(7-5-15)24(19,20)18-10-8-17(9-11-18)22-13-3-14-23-17/h4-7H,2-3,8-14H2,1H3. The zero-order valence-corrected chi connectivity index (χ0v) is 14.9. The first-order chi connectivity index (χ1) is 11.6. The second kappa shape index (κ2) is 7.39. The van der Waals surface area contributed by atoms with Crippen LogP contribution in [0.2, 0.25) is 0 Å². The van der Waals surface area contributed by atoms with E-state index in [1.165, 1.54) is 4.31 Å². The molecule has 0 aromatic heterocycles. The van der Waals surface area contributed by atoms with Crippen LogP contribution in [0.5, 0.6) is 5.75 Å². The van der Waals surface area contributed by atoms with Crippen molar-refractivity contribution in [2.75, 3.05) is 32.9 Å². The highest BCUT2D eigenvalue weighted by Gasteiger charge is 2.41. The van der Waals surface area contributed by atoms with E-state index < -0.39 is 15.8 Å². The summed E-state index contributed by atoms with van der Waals surface area (Å²) in [6.07, 6.45) is 2.96. The molecule has 0 aliphatic carbocycles. The van der Waals surface area contributed by atoms with Gasteiger partial charge in [-0.15, -0.1) is 0 Å². The normalized spacial score (nSPS) is 21.7. The molecule has 0 bridgehead atoms. The van der Waals surface area contributed by atoms with Gasteiger partial charge in [-0.2, -0.15) is 4.31 Å². The minimum absolute atomic E-state index is 0.299. The molecule has 2 aliphatic heterocycles. The van der Waals surface area contributed by atoms with E-state index in [1.807, 2.05) is 6.92 Å². The molecular formula is C17H25NO5S. The molecule has 2 fully saturated rings. The van der Waals surface area contributed by atoms with E-state index in [1.54, 1.807) is 24.3 Å². The topological polar surface area (TPSA) is 65.1 Å². The Morgan fingerprint density at radius 2 is 1.75 bits per heavy atom. The first-order valence-corrected chi connectivity index (χ1v) is 10.0. The van der Waals surface area contributed by atoms with Crippen molar-refractivity contribution in [2.24, 2.45) is 0 Å². The van der Waals surface area contributed by atoms with Crippen LogP contribution in [0.25, 0.3) is 0 Å². The van der Waals surface area contributed by atoms with Gasteiger partial charge in [-0.25, -0.2) is 8.42 Å². The second-order valence-corrected chi connectivity index (χ2v) is 8.12. The van der Waals surface area contributed by atoms with Gasteiger partial charge in [0.05, 0.1) is 24.7 Å². The lowest BCUT2D eigenvalue weighted by Gasteiger charge is -2.42. The van der Waals surface area contributed by atoms with Crippen LogP contribution >= 0.6 is 0 Å². The summed E-state index contributed by atoms with van der Waals surface area (Å²) in [4.78, 5) is 0.299. The molecule has 2 heterocycles. The van der Waals surface area contributed by atoms with Crippen LogP contribution in [0.1, 0.15) is 32.6 Å². The third-order valence-corrected chi connectivity index (χ3v) is 6.35. The number of rotatable bonds is 5. The van der Waals surface area contributed by atoms with E-state index in [0.717, 1.165) is 12.8 Å². The van der Waals surface area contributed by atoms with Crippen molar-refractivity contribution in [1.29, 1.82) is 0 Å². The molecule has 0 amide bonds. The molecule has 2 saturated heterocycles. The number of sulfonamides is 1. The zero-order chi connectivity index (χ0) is 17.0. The summed E-state index contributed by atoms with van der Waals surface area (Å²) in [5, 5.41) is 0. The van der Waals surface area contributed by atoms with Crippen LogP contribution < -0.4 is 4.74 Å². The van der Waals surface area contributed by atoms with Crippen molar-refractivity contribution in [3.8, 4) is 5.75 Å². The number of hydrogen-bond donors (Lipinski definition) is 0. The van der Waals surface area contributed by atoms with Gasteiger partial charge in [-0.05, 0) is 37.1 Å². The highest BCUT2D eigenvalue weighted by atomic mass is 32.2. The van der Waals surface area contributed by atoms with Crippen molar-refractivity contribution in [2.45, 2.75) is 43.3 Å². The van der Waals surface area contributed by atoms with Crippen LogP contribution in [0.4, 0.5) is 0 Å². The number of ether oxygens (including phenoxy) is 3. The van der Waals surface area contributed by atoms with E-state index in [0.29, 0.717) is 56.4 Å². The van der Waals surface area contributed by atoms with Gasteiger partial charge >= 0.3 is 0 Å². The van der Waals surface area contributed by atoms with E-state index in [9.17, 15) is 8.42 Å². The second-order valence-electron chi connectivity index (χ2n) is 6.19. The van der Waals surface area contributed by atoms with Gasteiger partial charge in [0.2, 0.25) is 10.0 Å². The van der Waals surface area contributed by atoms with Gasteiger partial charge in [0, 0.05) is 25.9 Å². The third kappa shape index (κ3) is 3.74. The molecule has 0 unspecified atom stereocenters. The Bertz CT molecular complexity index is 627. The highest BCUT2D eigenvalue weighted by Crippen LogP contribution is 2.33. The van der Waals surface area contributed by atoms with E-state index in [2.05, 4.69) is 0 Å². The molecule has 6 nitrogen and oxygen atoms in total. The SMILES string of the molecule is CCCOc1ccc(S(=O)(=O)N2CCC3(CC2)OCCCO3)cc1. The van der Waals surface area contributed by atoms with Gasteiger partial charge < -0.3 is 14.2 Å². The van der Waals surface area contributed by atoms with Gasteiger partial charge in [-0.3, -0.25) is 0 Å². The Morgan fingerprint density at radius 1 is 1.12 bits per heavy atom. The van der Waals surface area contributed by atoms with Crippen molar-refractivity contribution in [1.82, 2.24) is 4.31 Å². The Morgan fingerprint density at radius 3 is 2.33 bits per heavy atom. The van der Waals surface area contributed by atoms with Gasteiger partial charge in [0.15, 0.2) is 5.79 Å². The van der Waals surface area contributed by atoms with Crippen LogP contribution in [0.3, 0.4) is 0 Å². The van der Waals surface area contributed by atoms with E-state index in [-0.39, 0.29) is 0 Å². The fourth-order valence-corrected chi connectivity index (χ4v) is 4.49. The van der Waals surface area contributed by atoms with E-state index in [4.69, 9.17) is 14.2 Å². The first kappa shape index (κ1) is 17.7. The quantitative estimate of drug-likeness (QED) is 0.811. The summed E-state index contributed by atoms with van der Waals surface area (Å²) in [5.74, 6) is 0.111. The maximum atomic E-state index is 12.8. The zero-order valence-electron chi connectivity index (χ0n) is 14.1. The average molecular weight is 355 g/mol. The Labute approximate surface area is 143 Å². The largest absolute Gasteiger partial charge is 0.494 e. The number of piperidine rings is 1. The molecule has 1 aromatic carbocycles. The minimum atomic E-state index is -3.49. The Hall–Kier alpha value is -1.15. The van der Waals surface area contributed by atoms with Crippen LogP contribution in [0, 0.1) is 0 Å². The molecule has 3 rings (SSSR count). The van der Waals surface area contributed by atoms with Crippen LogP contribution in [-0.2, 0) is 19.5 Å². The summed E-state index contributed by atoms with van der Waals surface area (Å²) in [6, 6.07) is 6.64. The molecule has 134 valence electrons. The van der Waals surface area contributed by atoms with Crippen molar-refractivity contribution < 1.29 is 22.6 Å². The molecule has 0 atom stereocenters.